The van der Waals surface area contributed by atoms with Crippen molar-refractivity contribution in [2.24, 2.45) is 5.92 Å². The van der Waals surface area contributed by atoms with Gasteiger partial charge in [0.1, 0.15) is 0 Å². The average Bonchev–Trinajstić information content (AvgIpc) is 2.41. The number of amides is 1. The molecule has 1 aliphatic carbocycles. The van der Waals surface area contributed by atoms with Gasteiger partial charge < -0.3 is 20.2 Å². The van der Waals surface area contributed by atoms with E-state index in [-0.39, 0.29) is 12.0 Å². The maximum atomic E-state index is 12.0. The zero-order valence-corrected chi connectivity index (χ0v) is 12.0. The number of piperazine rings is 1. The zero-order chi connectivity index (χ0) is 13.7. The molecule has 2 rings (SSSR count). The number of aliphatic hydroxyl groups excluding tert-OH is 1. The molecule has 0 aromatic heterocycles. The maximum absolute atomic E-state index is 12.0. The van der Waals surface area contributed by atoms with E-state index in [0.29, 0.717) is 12.5 Å². The topological polar surface area (TPSA) is 55.8 Å². The normalized spacial score (nSPS) is 29.5. The Bertz CT molecular complexity index is 282. The van der Waals surface area contributed by atoms with Crippen molar-refractivity contribution in [1.29, 1.82) is 0 Å². The van der Waals surface area contributed by atoms with Gasteiger partial charge in [0, 0.05) is 26.2 Å². The van der Waals surface area contributed by atoms with Crippen molar-refractivity contribution >= 4 is 5.91 Å². The Morgan fingerprint density at radius 2 is 1.79 bits per heavy atom. The van der Waals surface area contributed by atoms with Crippen LogP contribution in [0.3, 0.4) is 0 Å². The highest BCUT2D eigenvalue weighted by molar-refractivity contribution is 5.78. The molecular weight excluding hydrogens is 242 g/mol. The molecule has 0 aromatic rings. The predicted molar refractivity (Wildman–Crippen MR) is 74.9 cm³/mol. The van der Waals surface area contributed by atoms with Crippen molar-refractivity contribution in [3.63, 3.8) is 0 Å². The summed E-state index contributed by atoms with van der Waals surface area (Å²) in [4.78, 5) is 16.2. The number of hydrogen-bond donors (Lipinski definition) is 2. The van der Waals surface area contributed by atoms with Crippen LogP contribution in [0, 0.1) is 5.92 Å². The quantitative estimate of drug-likeness (QED) is 0.748. The molecule has 110 valence electrons. The van der Waals surface area contributed by atoms with E-state index in [2.05, 4.69) is 17.3 Å². The second-order valence-corrected chi connectivity index (χ2v) is 5.99. The molecule has 2 aliphatic rings. The van der Waals surface area contributed by atoms with Gasteiger partial charge in [0.05, 0.1) is 12.6 Å². The lowest BCUT2D eigenvalue weighted by Crippen LogP contribution is -2.49. The molecule has 1 saturated carbocycles. The number of carbonyl (C=O) groups excluding carboxylic acids is 1. The third-order valence-corrected chi connectivity index (χ3v) is 4.38. The van der Waals surface area contributed by atoms with E-state index in [1.807, 2.05) is 4.90 Å². The summed E-state index contributed by atoms with van der Waals surface area (Å²) in [5, 5.41) is 12.7. The molecule has 5 nitrogen and oxygen atoms in total. The predicted octanol–water partition coefficient (Wildman–Crippen LogP) is -0.0989. The highest BCUT2D eigenvalue weighted by Gasteiger charge is 2.21. The lowest BCUT2D eigenvalue weighted by Gasteiger charge is -2.32. The Hall–Kier alpha value is -0.650. The van der Waals surface area contributed by atoms with Gasteiger partial charge in [-0.1, -0.05) is 0 Å². The molecule has 1 aliphatic heterocycles. The lowest BCUT2D eigenvalue weighted by molar-refractivity contribution is -0.131. The summed E-state index contributed by atoms with van der Waals surface area (Å²) < 4.78 is 0. The monoisotopic (exact) mass is 269 g/mol. The Kier molecular flexibility index (Phi) is 5.60. The van der Waals surface area contributed by atoms with Crippen molar-refractivity contribution < 1.29 is 9.90 Å². The van der Waals surface area contributed by atoms with Crippen LogP contribution in [0.25, 0.3) is 0 Å². The van der Waals surface area contributed by atoms with Crippen LogP contribution in [0.1, 0.15) is 25.7 Å². The van der Waals surface area contributed by atoms with Crippen LogP contribution < -0.4 is 5.32 Å². The van der Waals surface area contributed by atoms with Crippen LogP contribution in [0.15, 0.2) is 0 Å². The minimum absolute atomic E-state index is 0.0942. The van der Waals surface area contributed by atoms with Gasteiger partial charge in [0.2, 0.25) is 5.91 Å². The van der Waals surface area contributed by atoms with Crippen molar-refractivity contribution in [2.45, 2.75) is 31.8 Å². The molecule has 1 amide bonds. The van der Waals surface area contributed by atoms with Gasteiger partial charge in [-0.3, -0.25) is 4.79 Å². The van der Waals surface area contributed by atoms with Crippen molar-refractivity contribution in [3.05, 3.63) is 0 Å². The van der Waals surface area contributed by atoms with Crippen molar-refractivity contribution in [2.75, 3.05) is 46.3 Å². The minimum Gasteiger partial charge on any atom is -0.393 e. The van der Waals surface area contributed by atoms with Gasteiger partial charge in [-0.05, 0) is 45.2 Å². The van der Waals surface area contributed by atoms with Gasteiger partial charge in [-0.15, -0.1) is 0 Å². The molecule has 2 N–H and O–H groups in total. The van der Waals surface area contributed by atoms with Crippen molar-refractivity contribution in [3.8, 4) is 0 Å². The molecule has 0 radical (unpaired) electrons. The smallest absolute Gasteiger partial charge is 0.236 e. The molecule has 0 bridgehead atoms. The first-order valence-electron chi connectivity index (χ1n) is 7.50. The van der Waals surface area contributed by atoms with Crippen LogP contribution in [0.4, 0.5) is 0 Å². The number of aliphatic hydroxyl groups is 1. The number of likely N-dealkylation sites (N-methyl/N-ethyl adjacent to an activating group) is 1. The fourth-order valence-corrected chi connectivity index (χ4v) is 2.90. The van der Waals surface area contributed by atoms with E-state index in [4.69, 9.17) is 0 Å². The Balaban J connectivity index is 1.59. The fourth-order valence-electron chi connectivity index (χ4n) is 2.90. The second kappa shape index (κ2) is 7.22. The third kappa shape index (κ3) is 4.75. The standard InChI is InChI=1S/C14H27N3O2/c1-16-6-8-17(9-7-16)14(19)11-15-10-12-2-4-13(18)5-3-12/h12-13,15,18H,2-11H2,1H3. The van der Waals surface area contributed by atoms with E-state index in [1.165, 1.54) is 0 Å². The minimum atomic E-state index is -0.0942. The number of nitrogens with zero attached hydrogens (tertiary/aromatic N) is 2. The first-order chi connectivity index (χ1) is 9.15. The average molecular weight is 269 g/mol. The molecule has 2 fully saturated rings. The van der Waals surface area contributed by atoms with Gasteiger partial charge in [-0.2, -0.15) is 0 Å². The number of nitrogens with one attached hydrogen (secondary N) is 1. The Labute approximate surface area is 115 Å². The summed E-state index contributed by atoms with van der Waals surface area (Å²) in [5.74, 6) is 0.854. The van der Waals surface area contributed by atoms with E-state index in [9.17, 15) is 9.90 Å². The largest absolute Gasteiger partial charge is 0.393 e. The summed E-state index contributed by atoms with van der Waals surface area (Å²) in [6.07, 6.45) is 3.90. The molecule has 19 heavy (non-hydrogen) atoms. The lowest BCUT2D eigenvalue weighted by atomic mass is 9.87. The number of rotatable bonds is 4. The number of carbonyl (C=O) groups is 1. The zero-order valence-electron chi connectivity index (χ0n) is 12.0. The van der Waals surface area contributed by atoms with Crippen LogP contribution in [0.2, 0.25) is 0 Å². The van der Waals surface area contributed by atoms with E-state index < -0.39 is 0 Å². The van der Waals surface area contributed by atoms with Gasteiger partial charge in [-0.25, -0.2) is 0 Å². The summed E-state index contributed by atoms with van der Waals surface area (Å²) in [5.41, 5.74) is 0. The summed E-state index contributed by atoms with van der Waals surface area (Å²) in [6.45, 7) is 5.03. The Morgan fingerprint density at radius 1 is 1.16 bits per heavy atom. The summed E-state index contributed by atoms with van der Waals surface area (Å²) in [7, 11) is 2.09. The van der Waals surface area contributed by atoms with Crippen LogP contribution in [-0.4, -0.2) is 73.2 Å². The summed E-state index contributed by atoms with van der Waals surface area (Å²) >= 11 is 0. The van der Waals surface area contributed by atoms with Crippen molar-refractivity contribution in [1.82, 2.24) is 15.1 Å². The van der Waals surface area contributed by atoms with Gasteiger partial charge in [0.25, 0.3) is 0 Å². The SMILES string of the molecule is CN1CCN(C(=O)CNCC2CCC(O)CC2)CC1. The van der Waals surface area contributed by atoms with Gasteiger partial charge in [0.15, 0.2) is 0 Å². The maximum Gasteiger partial charge on any atom is 0.236 e. The molecule has 0 aromatic carbocycles. The van der Waals surface area contributed by atoms with Crippen LogP contribution >= 0.6 is 0 Å². The Morgan fingerprint density at radius 3 is 2.42 bits per heavy atom. The second-order valence-electron chi connectivity index (χ2n) is 5.99. The van der Waals surface area contributed by atoms with Crippen LogP contribution in [-0.2, 0) is 4.79 Å². The van der Waals surface area contributed by atoms with E-state index in [0.717, 1.165) is 58.4 Å². The van der Waals surface area contributed by atoms with Gasteiger partial charge >= 0.3 is 0 Å². The molecule has 1 saturated heterocycles. The van der Waals surface area contributed by atoms with E-state index >= 15 is 0 Å². The molecule has 1 heterocycles. The first-order valence-corrected chi connectivity index (χ1v) is 7.50. The first kappa shape index (κ1) is 14.8. The molecule has 5 heteroatoms. The third-order valence-electron chi connectivity index (χ3n) is 4.38. The highest BCUT2D eigenvalue weighted by atomic mass is 16.3. The molecule has 0 spiro atoms. The molecular formula is C14H27N3O2. The van der Waals surface area contributed by atoms with Crippen LogP contribution in [0.5, 0.6) is 0 Å². The molecule has 0 unspecified atom stereocenters. The number of hydrogen-bond acceptors (Lipinski definition) is 4. The molecule has 0 atom stereocenters. The fraction of sp³-hybridized carbons (Fsp3) is 0.929. The van der Waals surface area contributed by atoms with E-state index in [1.54, 1.807) is 0 Å². The summed E-state index contributed by atoms with van der Waals surface area (Å²) in [6, 6.07) is 0. The highest BCUT2D eigenvalue weighted by Crippen LogP contribution is 2.23.